The van der Waals surface area contributed by atoms with Gasteiger partial charge < -0.3 is 4.74 Å². The van der Waals surface area contributed by atoms with E-state index in [0.717, 1.165) is 12.8 Å². The van der Waals surface area contributed by atoms with Gasteiger partial charge in [0.15, 0.2) is 6.10 Å². The van der Waals surface area contributed by atoms with Crippen LogP contribution in [0.4, 0.5) is 0 Å². The standard InChI is InChI=1S/C18H28NO2/c1-7-17(3,4)13-9-11-14(12-10-13)21-15(16(19)20)18(5,6)8-2/h9-12,15,19H,7-8H2,1-6H3. The SMILES string of the molecule is CCC(C)(C)c1ccc(OC(C([NH])=O)C(C)(C)CC)cc1. The van der Waals surface area contributed by atoms with Crippen molar-refractivity contribution in [3.8, 4) is 5.75 Å². The van der Waals surface area contributed by atoms with Crippen LogP contribution in [0.1, 0.15) is 59.9 Å². The topological polar surface area (TPSA) is 50.1 Å². The lowest BCUT2D eigenvalue weighted by molar-refractivity contribution is -0.130. The number of nitrogens with one attached hydrogen (secondary N) is 1. The van der Waals surface area contributed by atoms with E-state index in [1.54, 1.807) is 0 Å². The van der Waals surface area contributed by atoms with Gasteiger partial charge in [0, 0.05) is 5.41 Å². The first-order valence-corrected chi connectivity index (χ1v) is 7.66. The van der Waals surface area contributed by atoms with E-state index in [1.165, 1.54) is 5.56 Å². The number of ether oxygens (including phenoxy) is 1. The quantitative estimate of drug-likeness (QED) is 0.748. The molecule has 21 heavy (non-hydrogen) atoms. The van der Waals surface area contributed by atoms with Crippen molar-refractivity contribution >= 4 is 5.91 Å². The Hall–Kier alpha value is -1.51. The fraction of sp³-hybridized carbons (Fsp3) is 0.611. The lowest BCUT2D eigenvalue weighted by Gasteiger charge is -2.31. The number of hydrogen-bond acceptors (Lipinski definition) is 2. The lowest BCUT2D eigenvalue weighted by atomic mass is 9.82. The molecule has 0 aliphatic heterocycles. The molecule has 1 rings (SSSR count). The summed E-state index contributed by atoms with van der Waals surface area (Å²) in [7, 11) is 0. The average Bonchev–Trinajstić information content (AvgIpc) is 2.44. The van der Waals surface area contributed by atoms with Crippen LogP contribution < -0.4 is 10.5 Å². The molecule has 1 unspecified atom stereocenters. The molecule has 1 aromatic rings. The summed E-state index contributed by atoms with van der Waals surface area (Å²) in [5.74, 6) is -0.0161. The van der Waals surface area contributed by atoms with E-state index in [0.29, 0.717) is 5.75 Å². The molecule has 1 N–H and O–H groups in total. The molecule has 0 heterocycles. The molecule has 0 aromatic heterocycles. The van der Waals surface area contributed by atoms with Crippen LogP contribution in [0.2, 0.25) is 0 Å². The van der Waals surface area contributed by atoms with Gasteiger partial charge in [-0.1, -0.05) is 53.7 Å². The molecule has 0 aliphatic carbocycles. The largest absolute Gasteiger partial charge is 0.480 e. The van der Waals surface area contributed by atoms with Gasteiger partial charge in [-0.15, -0.1) is 0 Å². The number of carbonyl (C=O) groups excluding carboxylic acids is 1. The highest BCUT2D eigenvalue weighted by molar-refractivity contribution is 5.79. The average molecular weight is 290 g/mol. The Bertz CT molecular complexity index is 474. The molecule has 0 saturated carbocycles. The van der Waals surface area contributed by atoms with Crippen LogP contribution >= 0.6 is 0 Å². The van der Waals surface area contributed by atoms with E-state index in [4.69, 9.17) is 10.5 Å². The van der Waals surface area contributed by atoms with Crippen molar-refractivity contribution in [3.63, 3.8) is 0 Å². The third-order valence-corrected chi connectivity index (χ3v) is 4.63. The third-order valence-electron chi connectivity index (χ3n) is 4.63. The van der Waals surface area contributed by atoms with Crippen LogP contribution in [0.15, 0.2) is 24.3 Å². The minimum atomic E-state index is -0.729. The molecule has 1 atom stereocenters. The first-order valence-electron chi connectivity index (χ1n) is 7.66. The van der Waals surface area contributed by atoms with Gasteiger partial charge in [0.05, 0.1) is 0 Å². The number of hydrogen-bond donors (Lipinski definition) is 0. The van der Waals surface area contributed by atoms with Gasteiger partial charge in [-0.05, 0) is 36.0 Å². The van der Waals surface area contributed by atoms with Crippen LogP contribution in [0.5, 0.6) is 5.75 Å². The number of rotatable bonds is 7. The summed E-state index contributed by atoms with van der Waals surface area (Å²) in [6, 6.07) is 7.88. The normalized spacial score (nSPS) is 13.8. The summed E-state index contributed by atoms with van der Waals surface area (Å²) in [6.07, 6.45) is 1.11. The van der Waals surface area contributed by atoms with Crippen molar-refractivity contribution in [3.05, 3.63) is 29.8 Å². The molecule has 0 saturated heterocycles. The van der Waals surface area contributed by atoms with Gasteiger partial charge in [0.25, 0.3) is 5.91 Å². The fourth-order valence-electron chi connectivity index (χ4n) is 2.08. The molecule has 3 nitrogen and oxygen atoms in total. The second-order valence-electron chi connectivity index (χ2n) is 6.97. The first kappa shape index (κ1) is 17.5. The van der Waals surface area contributed by atoms with Crippen LogP contribution in [-0.2, 0) is 10.2 Å². The van der Waals surface area contributed by atoms with Crippen LogP contribution in [0.3, 0.4) is 0 Å². The Kier molecular flexibility index (Phi) is 5.43. The Labute approximate surface area is 128 Å². The highest BCUT2D eigenvalue weighted by atomic mass is 16.5. The van der Waals surface area contributed by atoms with Gasteiger partial charge in [-0.3, -0.25) is 10.5 Å². The maximum absolute atomic E-state index is 11.6. The molecule has 3 heteroatoms. The summed E-state index contributed by atoms with van der Waals surface area (Å²) >= 11 is 0. The fourth-order valence-corrected chi connectivity index (χ4v) is 2.08. The van der Waals surface area contributed by atoms with E-state index in [-0.39, 0.29) is 10.8 Å². The summed E-state index contributed by atoms with van der Waals surface area (Å²) in [5, 5.41) is 0. The zero-order valence-corrected chi connectivity index (χ0v) is 14.1. The van der Waals surface area contributed by atoms with E-state index >= 15 is 0 Å². The van der Waals surface area contributed by atoms with Crippen LogP contribution in [0, 0.1) is 5.41 Å². The summed E-state index contributed by atoms with van der Waals surface area (Å²) in [5.41, 5.74) is 8.49. The second kappa shape index (κ2) is 6.50. The molecule has 0 bridgehead atoms. The van der Waals surface area contributed by atoms with Gasteiger partial charge >= 0.3 is 0 Å². The Morgan fingerprint density at radius 1 is 1.10 bits per heavy atom. The second-order valence-corrected chi connectivity index (χ2v) is 6.97. The molecule has 0 fully saturated rings. The van der Waals surface area contributed by atoms with Crippen molar-refractivity contribution in [2.24, 2.45) is 5.41 Å². The predicted molar refractivity (Wildman–Crippen MR) is 86.4 cm³/mol. The molecule has 1 radical (unpaired) electrons. The maximum atomic E-state index is 11.6. The van der Waals surface area contributed by atoms with E-state index in [2.05, 4.69) is 20.8 Å². The van der Waals surface area contributed by atoms with Gasteiger partial charge in [0.1, 0.15) is 5.75 Å². The molecule has 0 spiro atoms. The molecule has 1 amide bonds. The predicted octanol–water partition coefficient (Wildman–Crippen LogP) is 4.37. The maximum Gasteiger partial charge on any atom is 0.279 e. The van der Waals surface area contributed by atoms with Crippen molar-refractivity contribution in [1.29, 1.82) is 0 Å². The number of carbonyl (C=O) groups is 1. The van der Waals surface area contributed by atoms with E-state index in [9.17, 15) is 4.79 Å². The summed E-state index contributed by atoms with van der Waals surface area (Å²) in [6.45, 7) is 12.5. The van der Waals surface area contributed by atoms with Crippen molar-refractivity contribution < 1.29 is 9.53 Å². The van der Waals surface area contributed by atoms with Crippen LogP contribution in [-0.4, -0.2) is 12.0 Å². The van der Waals surface area contributed by atoms with Crippen molar-refractivity contribution in [2.75, 3.05) is 0 Å². The molecule has 0 aliphatic rings. The Morgan fingerprint density at radius 3 is 2.00 bits per heavy atom. The van der Waals surface area contributed by atoms with Crippen LogP contribution in [0.25, 0.3) is 0 Å². The van der Waals surface area contributed by atoms with E-state index < -0.39 is 12.0 Å². The van der Waals surface area contributed by atoms with Gasteiger partial charge in [-0.2, -0.15) is 0 Å². The summed E-state index contributed by atoms with van der Waals surface area (Å²) in [4.78, 5) is 11.6. The van der Waals surface area contributed by atoms with E-state index in [1.807, 2.05) is 45.0 Å². The Morgan fingerprint density at radius 2 is 1.62 bits per heavy atom. The third kappa shape index (κ3) is 4.23. The number of amides is 1. The first-order chi connectivity index (χ1) is 9.64. The minimum absolute atomic E-state index is 0.131. The summed E-state index contributed by atoms with van der Waals surface area (Å²) < 4.78 is 5.80. The molecular formula is C18H28NO2. The van der Waals surface area contributed by atoms with Crippen molar-refractivity contribution in [1.82, 2.24) is 5.73 Å². The molecular weight excluding hydrogens is 262 g/mol. The number of benzene rings is 1. The van der Waals surface area contributed by atoms with Gasteiger partial charge in [-0.25, -0.2) is 0 Å². The molecule has 1 aromatic carbocycles. The minimum Gasteiger partial charge on any atom is -0.480 e. The van der Waals surface area contributed by atoms with Crippen molar-refractivity contribution in [2.45, 2.75) is 65.9 Å². The smallest absolute Gasteiger partial charge is 0.279 e. The van der Waals surface area contributed by atoms with Gasteiger partial charge in [0.2, 0.25) is 0 Å². The molecule has 117 valence electrons. The zero-order chi connectivity index (χ0) is 16.3. The lowest BCUT2D eigenvalue weighted by Crippen LogP contribution is -2.41. The highest BCUT2D eigenvalue weighted by Gasteiger charge is 2.35. The monoisotopic (exact) mass is 290 g/mol. The Balaban J connectivity index is 2.95. The highest BCUT2D eigenvalue weighted by Crippen LogP contribution is 2.31. The zero-order valence-electron chi connectivity index (χ0n) is 14.1.